The van der Waals surface area contributed by atoms with Crippen LogP contribution in [0.25, 0.3) is 0 Å². The van der Waals surface area contributed by atoms with E-state index in [2.05, 4.69) is 0 Å². The fraction of sp³-hybridized carbons (Fsp3) is 0.381. The third-order valence-corrected chi connectivity index (χ3v) is 6.79. The zero-order chi connectivity index (χ0) is 22.8. The van der Waals surface area contributed by atoms with E-state index in [-0.39, 0.29) is 29.3 Å². The molecule has 0 spiro atoms. The first-order valence-corrected chi connectivity index (χ1v) is 11.2. The van der Waals surface area contributed by atoms with Crippen LogP contribution in [-0.4, -0.2) is 52.1 Å². The quantitative estimate of drug-likeness (QED) is 0.635. The monoisotopic (exact) mass is 456 g/mol. The molecule has 3 rings (SSSR count). The van der Waals surface area contributed by atoms with E-state index >= 15 is 0 Å². The van der Waals surface area contributed by atoms with Crippen LogP contribution in [0.5, 0.6) is 5.75 Å². The van der Waals surface area contributed by atoms with Gasteiger partial charge in [-0.05, 0) is 42.7 Å². The van der Waals surface area contributed by atoms with E-state index in [1.807, 2.05) is 12.1 Å². The number of para-hydroxylation sites is 1. The first-order chi connectivity index (χ1) is 14.6. The number of ether oxygens (including phenoxy) is 1. The van der Waals surface area contributed by atoms with Crippen LogP contribution in [0.2, 0.25) is 0 Å². The smallest absolute Gasteiger partial charge is 0.406 e. The molecular formula is C21H23F3N2O4S. The molecule has 0 N–H and O–H groups in total. The predicted octanol–water partition coefficient (Wildman–Crippen LogP) is 3.86. The second-order valence-corrected chi connectivity index (χ2v) is 9.02. The maximum Gasteiger partial charge on any atom is 0.406 e. The fourth-order valence-corrected chi connectivity index (χ4v) is 5.14. The predicted molar refractivity (Wildman–Crippen MR) is 110 cm³/mol. The number of anilines is 1. The Labute approximate surface area is 179 Å². The highest BCUT2D eigenvalue weighted by Gasteiger charge is 2.35. The highest BCUT2D eigenvalue weighted by atomic mass is 32.2. The van der Waals surface area contributed by atoms with E-state index in [1.54, 1.807) is 19.1 Å². The van der Waals surface area contributed by atoms with Crippen LogP contribution in [0.15, 0.2) is 47.4 Å². The molecule has 6 nitrogen and oxygen atoms in total. The summed E-state index contributed by atoms with van der Waals surface area (Å²) >= 11 is 0. The van der Waals surface area contributed by atoms with Crippen LogP contribution in [0.1, 0.15) is 29.3 Å². The topological polar surface area (TPSA) is 66.9 Å². The summed E-state index contributed by atoms with van der Waals surface area (Å²) in [6.07, 6.45) is -3.72. The minimum Gasteiger partial charge on any atom is -0.496 e. The summed E-state index contributed by atoms with van der Waals surface area (Å²) in [5, 5.41) is 0. The number of amides is 1. The van der Waals surface area contributed by atoms with E-state index in [4.69, 9.17) is 4.74 Å². The molecule has 0 bridgehead atoms. The van der Waals surface area contributed by atoms with E-state index in [9.17, 15) is 26.4 Å². The summed E-state index contributed by atoms with van der Waals surface area (Å²) in [6.45, 7) is 0.337. The minimum absolute atomic E-state index is 0.00838. The molecule has 0 atom stereocenters. The van der Waals surface area contributed by atoms with Crippen molar-refractivity contribution >= 4 is 21.6 Å². The van der Waals surface area contributed by atoms with E-state index in [0.29, 0.717) is 23.4 Å². The van der Waals surface area contributed by atoms with Crippen molar-refractivity contribution in [2.45, 2.75) is 30.8 Å². The molecule has 2 aromatic rings. The maximum absolute atomic E-state index is 13.3. The van der Waals surface area contributed by atoms with Gasteiger partial charge in [-0.2, -0.15) is 13.2 Å². The molecule has 1 aliphatic rings. The van der Waals surface area contributed by atoms with Crippen molar-refractivity contribution in [1.29, 1.82) is 0 Å². The number of sulfonamides is 1. The van der Waals surface area contributed by atoms with Gasteiger partial charge in [0.1, 0.15) is 12.3 Å². The van der Waals surface area contributed by atoms with Crippen LogP contribution in [0.3, 0.4) is 0 Å². The normalized spacial score (nSPS) is 13.8. The maximum atomic E-state index is 13.3. The van der Waals surface area contributed by atoms with Gasteiger partial charge in [-0.25, -0.2) is 8.42 Å². The first-order valence-electron chi connectivity index (χ1n) is 9.73. The number of fused-ring (bicyclic) bond motifs is 1. The van der Waals surface area contributed by atoms with Gasteiger partial charge in [-0.3, -0.25) is 9.10 Å². The molecule has 0 aliphatic carbocycles. The van der Waals surface area contributed by atoms with E-state index in [1.165, 1.54) is 23.5 Å². The lowest BCUT2D eigenvalue weighted by molar-refractivity contribution is -0.140. The molecular weight excluding hydrogens is 433 g/mol. The van der Waals surface area contributed by atoms with Gasteiger partial charge >= 0.3 is 6.18 Å². The Bertz CT molecular complexity index is 1070. The molecule has 0 unspecified atom stereocenters. The number of rotatable bonds is 7. The van der Waals surface area contributed by atoms with E-state index in [0.717, 1.165) is 11.6 Å². The summed E-state index contributed by atoms with van der Waals surface area (Å²) in [5.41, 5.74) is 1.21. The number of halogens is 3. The van der Waals surface area contributed by atoms with Crippen LogP contribution in [0.4, 0.5) is 18.9 Å². The van der Waals surface area contributed by atoms with Gasteiger partial charge < -0.3 is 9.64 Å². The summed E-state index contributed by atoms with van der Waals surface area (Å²) in [6, 6.07) is 10.8. The van der Waals surface area contributed by atoms with Crippen molar-refractivity contribution in [3.63, 3.8) is 0 Å². The third kappa shape index (κ3) is 4.79. The summed E-state index contributed by atoms with van der Waals surface area (Å²) < 4.78 is 71.9. The number of alkyl halides is 3. The lowest BCUT2D eigenvalue weighted by Gasteiger charge is -2.25. The molecule has 1 heterocycles. The molecule has 1 amide bonds. The Hall–Kier alpha value is -2.75. The number of methoxy groups -OCH3 is 1. The minimum atomic E-state index is -4.58. The number of carbonyl (C=O) groups excluding carboxylic acids is 1. The molecule has 10 heteroatoms. The largest absolute Gasteiger partial charge is 0.496 e. The Morgan fingerprint density at radius 2 is 1.90 bits per heavy atom. The lowest BCUT2D eigenvalue weighted by atomic mass is 10.1. The van der Waals surface area contributed by atoms with Gasteiger partial charge in [0.05, 0.1) is 23.3 Å². The van der Waals surface area contributed by atoms with Gasteiger partial charge in [0.2, 0.25) is 0 Å². The summed E-state index contributed by atoms with van der Waals surface area (Å²) in [7, 11) is -2.75. The lowest BCUT2D eigenvalue weighted by Crippen LogP contribution is -2.39. The van der Waals surface area contributed by atoms with Crippen LogP contribution in [-0.2, 0) is 16.4 Å². The van der Waals surface area contributed by atoms with Gasteiger partial charge in [0, 0.05) is 13.1 Å². The summed E-state index contributed by atoms with van der Waals surface area (Å²) in [4.78, 5) is 13.4. The molecule has 168 valence electrons. The molecule has 1 aliphatic heterocycles. The second-order valence-electron chi connectivity index (χ2n) is 7.16. The van der Waals surface area contributed by atoms with E-state index < -0.39 is 28.7 Å². The zero-order valence-corrected chi connectivity index (χ0v) is 18.0. The standard InChI is InChI=1S/C21H23F3N2O4S/c1-3-11-25(14-21(22,23)24)20(27)17-13-16(8-9-19(17)30-2)31(28,29)26-12-10-15-6-4-5-7-18(15)26/h4-9,13H,3,10-12,14H2,1-2H3. The van der Waals surface area contributed by atoms with Crippen LogP contribution in [0, 0.1) is 0 Å². The molecule has 31 heavy (non-hydrogen) atoms. The van der Waals surface area contributed by atoms with Gasteiger partial charge in [0.25, 0.3) is 15.9 Å². The van der Waals surface area contributed by atoms with Crippen molar-refractivity contribution in [1.82, 2.24) is 4.90 Å². The SMILES string of the molecule is CCCN(CC(F)(F)F)C(=O)c1cc(S(=O)(=O)N2CCc3ccccc32)ccc1OC. The first kappa shape index (κ1) is 22.9. The number of carbonyl (C=O) groups is 1. The number of benzene rings is 2. The fourth-order valence-electron chi connectivity index (χ4n) is 3.61. The van der Waals surface area contributed by atoms with Gasteiger partial charge in [-0.1, -0.05) is 25.1 Å². The van der Waals surface area contributed by atoms with Crippen molar-refractivity contribution in [2.75, 3.05) is 31.0 Å². The number of hydrogen-bond donors (Lipinski definition) is 0. The highest BCUT2D eigenvalue weighted by molar-refractivity contribution is 7.92. The summed E-state index contributed by atoms with van der Waals surface area (Å²) in [5.74, 6) is -0.927. The molecule has 0 radical (unpaired) electrons. The second kappa shape index (κ2) is 8.78. The molecule has 0 saturated carbocycles. The van der Waals surface area contributed by atoms with Gasteiger partial charge in [0.15, 0.2) is 0 Å². The van der Waals surface area contributed by atoms with Crippen molar-refractivity contribution < 1.29 is 31.1 Å². The third-order valence-electron chi connectivity index (χ3n) is 4.98. The Balaban J connectivity index is 2.01. The zero-order valence-electron chi connectivity index (χ0n) is 17.1. The molecule has 0 fully saturated rings. The molecule has 2 aromatic carbocycles. The highest BCUT2D eigenvalue weighted by Crippen LogP contribution is 2.34. The van der Waals surface area contributed by atoms with Crippen molar-refractivity contribution in [2.24, 2.45) is 0 Å². The van der Waals surface area contributed by atoms with Crippen molar-refractivity contribution in [3.8, 4) is 5.75 Å². The number of hydrogen-bond acceptors (Lipinski definition) is 4. The molecule has 0 aromatic heterocycles. The van der Waals surface area contributed by atoms with Gasteiger partial charge in [-0.15, -0.1) is 0 Å². The van der Waals surface area contributed by atoms with Crippen LogP contribution >= 0.6 is 0 Å². The van der Waals surface area contributed by atoms with Crippen molar-refractivity contribution in [3.05, 3.63) is 53.6 Å². The Kier molecular flexibility index (Phi) is 6.49. The Morgan fingerprint density at radius 1 is 1.19 bits per heavy atom. The Morgan fingerprint density at radius 3 is 2.55 bits per heavy atom. The average Bonchev–Trinajstić information content (AvgIpc) is 3.16. The average molecular weight is 456 g/mol. The van der Waals surface area contributed by atoms with Crippen LogP contribution < -0.4 is 9.04 Å². The number of nitrogens with zero attached hydrogens (tertiary/aromatic N) is 2. The molecule has 0 saturated heterocycles.